The number of nitrogens with zero attached hydrogens (tertiary/aromatic N) is 2. The van der Waals surface area contributed by atoms with Gasteiger partial charge in [0.15, 0.2) is 11.5 Å². The van der Waals surface area contributed by atoms with Crippen LogP contribution in [-0.2, 0) is 17.8 Å². The van der Waals surface area contributed by atoms with E-state index in [2.05, 4.69) is 6.07 Å². The van der Waals surface area contributed by atoms with Crippen molar-refractivity contribution >= 4 is 29.3 Å². The van der Waals surface area contributed by atoms with Crippen molar-refractivity contribution in [2.24, 2.45) is 0 Å². The Balaban J connectivity index is 1.56. The van der Waals surface area contributed by atoms with Crippen molar-refractivity contribution in [2.45, 2.75) is 20.0 Å². The Labute approximate surface area is 198 Å². The Morgan fingerprint density at radius 3 is 2.67 bits per heavy atom. The molecule has 0 spiro atoms. The molecule has 33 heavy (non-hydrogen) atoms. The van der Waals surface area contributed by atoms with Gasteiger partial charge in [0.1, 0.15) is 18.2 Å². The van der Waals surface area contributed by atoms with Crippen LogP contribution in [0.4, 0.5) is 5.69 Å². The summed E-state index contributed by atoms with van der Waals surface area (Å²) in [7, 11) is 0. The van der Waals surface area contributed by atoms with Gasteiger partial charge >= 0.3 is 0 Å². The van der Waals surface area contributed by atoms with E-state index in [4.69, 9.17) is 21.1 Å². The quantitative estimate of drug-likeness (QED) is 0.331. The van der Waals surface area contributed by atoms with Gasteiger partial charge in [-0.2, -0.15) is 5.26 Å². The average Bonchev–Trinajstić information content (AvgIpc) is 3.27. The Morgan fingerprint density at radius 1 is 1.09 bits per heavy atom. The summed E-state index contributed by atoms with van der Waals surface area (Å²) in [5.41, 5.74) is 3.59. The zero-order chi connectivity index (χ0) is 23.2. The van der Waals surface area contributed by atoms with Gasteiger partial charge in [-0.1, -0.05) is 54.1 Å². The standard InChI is InChI=1S/C27H23ClN2O3/c1-2-32-26-16-19(11-12-25(26)33-18-21-8-3-5-9-23(21)28)15-22(17-29)27(31)30-14-13-20-7-4-6-10-24(20)30/h3-12,15-16H,2,13-14,18H2,1H3. The van der Waals surface area contributed by atoms with Crippen LogP contribution in [0.3, 0.4) is 0 Å². The molecule has 1 aliphatic rings. The largest absolute Gasteiger partial charge is 0.490 e. The summed E-state index contributed by atoms with van der Waals surface area (Å²) in [6.45, 7) is 3.20. The van der Waals surface area contributed by atoms with Crippen molar-refractivity contribution in [3.05, 3.63) is 94.0 Å². The van der Waals surface area contributed by atoms with Gasteiger partial charge in [0, 0.05) is 22.8 Å². The summed E-state index contributed by atoms with van der Waals surface area (Å²) in [6.07, 6.45) is 2.37. The number of ether oxygens (including phenoxy) is 2. The number of hydrogen-bond donors (Lipinski definition) is 0. The number of halogens is 1. The molecule has 3 aromatic rings. The molecule has 0 aliphatic carbocycles. The molecule has 0 saturated carbocycles. The fourth-order valence-corrected chi connectivity index (χ4v) is 3.97. The topological polar surface area (TPSA) is 62.6 Å². The number of anilines is 1. The minimum absolute atomic E-state index is 0.0684. The van der Waals surface area contributed by atoms with Crippen LogP contribution in [-0.4, -0.2) is 19.1 Å². The molecule has 0 bridgehead atoms. The summed E-state index contributed by atoms with van der Waals surface area (Å²) in [4.78, 5) is 14.7. The number of hydrogen-bond acceptors (Lipinski definition) is 4. The van der Waals surface area contributed by atoms with Gasteiger partial charge < -0.3 is 14.4 Å². The number of benzene rings is 3. The van der Waals surface area contributed by atoms with Crippen LogP contribution in [0.2, 0.25) is 5.02 Å². The molecule has 0 fully saturated rings. The highest BCUT2D eigenvalue weighted by molar-refractivity contribution is 6.31. The molecule has 0 saturated heterocycles. The van der Waals surface area contributed by atoms with E-state index in [1.807, 2.05) is 55.5 Å². The van der Waals surface area contributed by atoms with E-state index in [9.17, 15) is 10.1 Å². The summed E-state index contributed by atoms with van der Waals surface area (Å²) in [5.74, 6) is 0.793. The van der Waals surface area contributed by atoms with E-state index < -0.39 is 0 Å². The summed E-state index contributed by atoms with van der Waals surface area (Å²) >= 11 is 6.22. The molecule has 166 valence electrons. The SMILES string of the molecule is CCOc1cc(C=C(C#N)C(=O)N2CCc3ccccc32)ccc1OCc1ccccc1Cl. The van der Waals surface area contributed by atoms with Crippen LogP contribution in [0.5, 0.6) is 11.5 Å². The molecule has 1 heterocycles. The molecule has 4 rings (SSSR count). The Morgan fingerprint density at radius 2 is 1.88 bits per heavy atom. The van der Waals surface area contributed by atoms with Crippen LogP contribution in [0, 0.1) is 11.3 Å². The Bertz CT molecular complexity index is 1250. The first-order chi connectivity index (χ1) is 16.1. The molecule has 0 atom stereocenters. The number of rotatable bonds is 7. The van der Waals surface area contributed by atoms with Crippen LogP contribution >= 0.6 is 11.6 Å². The first-order valence-corrected chi connectivity index (χ1v) is 11.1. The van der Waals surface area contributed by atoms with Crippen molar-refractivity contribution < 1.29 is 14.3 Å². The molecular weight excluding hydrogens is 436 g/mol. The number of para-hydroxylation sites is 1. The number of carbonyl (C=O) groups excluding carboxylic acids is 1. The van der Waals surface area contributed by atoms with Gasteiger partial charge in [-0.25, -0.2) is 0 Å². The highest BCUT2D eigenvalue weighted by Crippen LogP contribution is 2.32. The third-order valence-corrected chi connectivity index (χ3v) is 5.77. The van der Waals surface area contributed by atoms with Crippen molar-refractivity contribution in [1.82, 2.24) is 0 Å². The first kappa shape index (κ1) is 22.4. The smallest absolute Gasteiger partial charge is 0.268 e. The number of amides is 1. The fourth-order valence-electron chi connectivity index (χ4n) is 3.78. The molecule has 1 aliphatic heterocycles. The second-order valence-electron chi connectivity index (χ2n) is 7.52. The number of nitriles is 1. The van der Waals surface area contributed by atoms with Crippen LogP contribution < -0.4 is 14.4 Å². The van der Waals surface area contributed by atoms with E-state index in [0.717, 1.165) is 23.2 Å². The lowest BCUT2D eigenvalue weighted by Crippen LogP contribution is -2.29. The van der Waals surface area contributed by atoms with Crippen LogP contribution in [0.1, 0.15) is 23.6 Å². The molecule has 5 nitrogen and oxygen atoms in total. The molecule has 1 amide bonds. The molecule has 0 radical (unpaired) electrons. The maximum Gasteiger partial charge on any atom is 0.268 e. The van der Waals surface area contributed by atoms with E-state index in [-0.39, 0.29) is 11.5 Å². The van der Waals surface area contributed by atoms with Gasteiger partial charge in [-0.3, -0.25) is 4.79 Å². The third kappa shape index (κ3) is 5.02. The van der Waals surface area contributed by atoms with Crippen molar-refractivity contribution in [3.8, 4) is 17.6 Å². The molecular formula is C27H23ClN2O3. The molecule has 0 N–H and O–H groups in total. The summed E-state index contributed by atoms with van der Waals surface area (Å²) in [6, 6.07) is 22.7. The predicted molar refractivity (Wildman–Crippen MR) is 129 cm³/mol. The lowest BCUT2D eigenvalue weighted by molar-refractivity contribution is -0.114. The Kier molecular flexibility index (Phi) is 6.97. The van der Waals surface area contributed by atoms with E-state index >= 15 is 0 Å². The molecule has 0 aromatic heterocycles. The summed E-state index contributed by atoms with van der Waals surface area (Å²) in [5, 5.41) is 10.3. The van der Waals surface area contributed by atoms with Gasteiger partial charge in [0.05, 0.1) is 6.61 Å². The first-order valence-electron chi connectivity index (χ1n) is 10.8. The zero-order valence-corrected chi connectivity index (χ0v) is 19.0. The minimum atomic E-state index is -0.306. The van der Waals surface area contributed by atoms with Gasteiger partial charge in [-0.15, -0.1) is 0 Å². The minimum Gasteiger partial charge on any atom is -0.490 e. The van der Waals surface area contributed by atoms with Crippen molar-refractivity contribution in [3.63, 3.8) is 0 Å². The van der Waals surface area contributed by atoms with E-state index in [0.29, 0.717) is 41.8 Å². The van der Waals surface area contributed by atoms with E-state index in [1.165, 1.54) is 0 Å². The normalized spacial score (nSPS) is 12.8. The molecule has 6 heteroatoms. The fraction of sp³-hybridized carbons (Fsp3) is 0.185. The van der Waals surface area contributed by atoms with Gasteiger partial charge in [0.25, 0.3) is 5.91 Å². The third-order valence-electron chi connectivity index (χ3n) is 5.40. The predicted octanol–water partition coefficient (Wildman–Crippen LogP) is 5.81. The highest BCUT2D eigenvalue weighted by Gasteiger charge is 2.26. The monoisotopic (exact) mass is 458 g/mol. The zero-order valence-electron chi connectivity index (χ0n) is 18.3. The average molecular weight is 459 g/mol. The lowest BCUT2D eigenvalue weighted by Gasteiger charge is -2.17. The maximum atomic E-state index is 13.1. The highest BCUT2D eigenvalue weighted by atomic mass is 35.5. The van der Waals surface area contributed by atoms with Crippen LogP contribution in [0.15, 0.2) is 72.3 Å². The van der Waals surface area contributed by atoms with Gasteiger partial charge in [0.2, 0.25) is 0 Å². The second kappa shape index (κ2) is 10.2. The second-order valence-corrected chi connectivity index (χ2v) is 7.93. The van der Waals surface area contributed by atoms with Gasteiger partial charge in [-0.05, 0) is 54.8 Å². The maximum absolute atomic E-state index is 13.1. The Hall–Kier alpha value is -3.75. The van der Waals surface area contributed by atoms with E-state index in [1.54, 1.807) is 29.2 Å². The molecule has 0 unspecified atom stereocenters. The number of carbonyl (C=O) groups is 1. The van der Waals surface area contributed by atoms with Crippen LogP contribution in [0.25, 0.3) is 6.08 Å². The lowest BCUT2D eigenvalue weighted by atomic mass is 10.1. The van der Waals surface area contributed by atoms with Crippen molar-refractivity contribution in [1.29, 1.82) is 5.26 Å². The number of fused-ring (bicyclic) bond motifs is 1. The summed E-state index contributed by atoms with van der Waals surface area (Å²) < 4.78 is 11.7. The molecule has 3 aromatic carbocycles. The van der Waals surface area contributed by atoms with Crippen molar-refractivity contribution in [2.75, 3.05) is 18.1 Å².